The largest absolute Gasteiger partial charge is 0.494 e. The van der Waals surface area contributed by atoms with Gasteiger partial charge in [0.2, 0.25) is 5.91 Å². The van der Waals surface area contributed by atoms with E-state index in [0.717, 1.165) is 17.7 Å². The van der Waals surface area contributed by atoms with Gasteiger partial charge in [0, 0.05) is 6.42 Å². The Labute approximate surface area is 138 Å². The smallest absolute Gasteiger partial charge is 0.326 e. The minimum atomic E-state index is -0.982. The van der Waals surface area contributed by atoms with E-state index < -0.39 is 12.0 Å². The average molecular weight is 321 g/mol. The van der Waals surface area contributed by atoms with Crippen LogP contribution in [0.3, 0.4) is 0 Å². The quantitative estimate of drug-likeness (QED) is 0.694. The predicted molar refractivity (Wildman–Crippen MR) is 89.6 cm³/mol. The van der Waals surface area contributed by atoms with Crippen LogP contribution in [0.2, 0.25) is 0 Å². The van der Waals surface area contributed by atoms with Crippen molar-refractivity contribution in [2.75, 3.05) is 6.61 Å². The lowest BCUT2D eigenvalue weighted by atomic mass is 10.0. The molecule has 0 aliphatic heterocycles. The molecule has 2 N–H and O–H groups in total. The molecule has 128 valence electrons. The highest BCUT2D eigenvalue weighted by Crippen LogP contribution is 2.14. The van der Waals surface area contributed by atoms with Crippen molar-refractivity contribution in [3.8, 4) is 5.75 Å². The summed E-state index contributed by atoms with van der Waals surface area (Å²) in [6.07, 6.45) is 2.25. The van der Waals surface area contributed by atoms with E-state index in [4.69, 9.17) is 9.84 Å². The molecule has 1 aromatic rings. The molecule has 0 saturated heterocycles. The second kappa shape index (κ2) is 9.87. The summed E-state index contributed by atoms with van der Waals surface area (Å²) in [5.41, 5.74) is 1.03. The van der Waals surface area contributed by atoms with Crippen LogP contribution in [0.1, 0.15) is 45.6 Å². The van der Waals surface area contributed by atoms with Crippen molar-refractivity contribution < 1.29 is 19.4 Å². The summed E-state index contributed by atoms with van der Waals surface area (Å²) >= 11 is 0. The highest BCUT2D eigenvalue weighted by atomic mass is 16.5. The third kappa shape index (κ3) is 7.68. The zero-order valence-corrected chi connectivity index (χ0v) is 14.2. The number of carbonyl (C=O) groups is 2. The molecule has 1 atom stereocenters. The number of aryl methyl sites for hydroxylation is 1. The van der Waals surface area contributed by atoms with Crippen LogP contribution in [0.15, 0.2) is 24.3 Å². The molecule has 0 aromatic heterocycles. The molecule has 1 amide bonds. The molecule has 0 saturated carbocycles. The fraction of sp³-hybridized carbons (Fsp3) is 0.556. The molecule has 0 spiro atoms. The number of carboxylic acid groups (broad SMARTS) is 1. The van der Waals surface area contributed by atoms with Gasteiger partial charge in [0.05, 0.1) is 6.61 Å². The molecule has 0 aliphatic rings. The fourth-order valence-corrected chi connectivity index (χ4v) is 2.19. The zero-order chi connectivity index (χ0) is 17.2. The summed E-state index contributed by atoms with van der Waals surface area (Å²) in [5.74, 6) is -0.177. The highest BCUT2D eigenvalue weighted by molar-refractivity contribution is 5.83. The van der Waals surface area contributed by atoms with Crippen molar-refractivity contribution in [2.45, 2.75) is 52.5 Å². The maximum atomic E-state index is 11.9. The summed E-state index contributed by atoms with van der Waals surface area (Å²) in [7, 11) is 0. The Hall–Kier alpha value is -2.04. The van der Waals surface area contributed by atoms with E-state index in [9.17, 15) is 9.59 Å². The van der Waals surface area contributed by atoms with Crippen LogP contribution in [-0.2, 0) is 16.0 Å². The predicted octanol–water partition coefficient (Wildman–Crippen LogP) is 3.02. The van der Waals surface area contributed by atoms with Gasteiger partial charge in [-0.2, -0.15) is 0 Å². The molecule has 0 heterocycles. The molecular weight excluding hydrogens is 294 g/mol. The second-order valence-corrected chi connectivity index (χ2v) is 6.08. The highest BCUT2D eigenvalue weighted by Gasteiger charge is 2.20. The van der Waals surface area contributed by atoms with E-state index in [1.807, 2.05) is 38.1 Å². The van der Waals surface area contributed by atoms with E-state index in [1.54, 1.807) is 0 Å². The molecule has 0 bridgehead atoms. The Kier molecular flexibility index (Phi) is 8.16. The van der Waals surface area contributed by atoms with Gasteiger partial charge in [0.15, 0.2) is 0 Å². The Morgan fingerprint density at radius 2 is 1.87 bits per heavy atom. The van der Waals surface area contributed by atoms with Crippen molar-refractivity contribution in [3.05, 3.63) is 29.8 Å². The molecule has 0 radical (unpaired) electrons. The first-order valence-corrected chi connectivity index (χ1v) is 8.16. The maximum Gasteiger partial charge on any atom is 0.326 e. The third-order valence-corrected chi connectivity index (χ3v) is 3.38. The topological polar surface area (TPSA) is 75.6 Å². The van der Waals surface area contributed by atoms with Crippen molar-refractivity contribution >= 4 is 11.9 Å². The number of aliphatic carboxylic acids is 1. The Bertz CT molecular complexity index is 496. The molecule has 1 rings (SSSR count). The lowest BCUT2D eigenvalue weighted by Crippen LogP contribution is -2.41. The van der Waals surface area contributed by atoms with E-state index >= 15 is 0 Å². The standard InChI is InChI=1S/C18H27NO4/c1-4-11-23-15-8-5-14(6-9-15)7-10-17(20)19-16(18(21)22)12-13(2)3/h5-6,8-9,13,16H,4,7,10-12H2,1-3H3,(H,19,20)(H,21,22)/t16-/m1/s1. The van der Waals surface area contributed by atoms with Crippen molar-refractivity contribution in [2.24, 2.45) is 5.92 Å². The number of ether oxygens (including phenoxy) is 1. The van der Waals surface area contributed by atoms with E-state index in [0.29, 0.717) is 19.4 Å². The maximum absolute atomic E-state index is 11.9. The van der Waals surface area contributed by atoms with Crippen molar-refractivity contribution in [3.63, 3.8) is 0 Å². The lowest BCUT2D eigenvalue weighted by Gasteiger charge is -2.16. The van der Waals surface area contributed by atoms with E-state index in [-0.39, 0.29) is 18.2 Å². The molecule has 23 heavy (non-hydrogen) atoms. The van der Waals surface area contributed by atoms with Gasteiger partial charge in [-0.1, -0.05) is 32.9 Å². The average Bonchev–Trinajstić information content (AvgIpc) is 2.50. The number of benzene rings is 1. The Balaban J connectivity index is 2.44. The van der Waals surface area contributed by atoms with Gasteiger partial charge in [-0.25, -0.2) is 4.79 Å². The van der Waals surface area contributed by atoms with Crippen LogP contribution >= 0.6 is 0 Å². The van der Waals surface area contributed by atoms with Gasteiger partial charge in [0.1, 0.15) is 11.8 Å². The number of carboxylic acids is 1. The number of carbonyl (C=O) groups excluding carboxylic acids is 1. The Morgan fingerprint density at radius 1 is 1.22 bits per heavy atom. The summed E-state index contributed by atoms with van der Waals surface area (Å²) in [6, 6.07) is 6.83. The number of rotatable bonds is 10. The van der Waals surface area contributed by atoms with Gasteiger partial charge < -0.3 is 15.2 Å². The lowest BCUT2D eigenvalue weighted by molar-refractivity contribution is -0.142. The van der Waals surface area contributed by atoms with E-state index in [1.165, 1.54) is 0 Å². The Morgan fingerprint density at radius 3 is 2.39 bits per heavy atom. The molecular formula is C18H27NO4. The summed E-state index contributed by atoms with van der Waals surface area (Å²) in [4.78, 5) is 23.1. The van der Waals surface area contributed by atoms with Gasteiger partial charge in [-0.15, -0.1) is 0 Å². The number of nitrogens with one attached hydrogen (secondary N) is 1. The van der Waals surface area contributed by atoms with Crippen LogP contribution in [0, 0.1) is 5.92 Å². The number of amides is 1. The third-order valence-electron chi connectivity index (χ3n) is 3.38. The minimum Gasteiger partial charge on any atom is -0.494 e. The van der Waals surface area contributed by atoms with Gasteiger partial charge >= 0.3 is 5.97 Å². The molecule has 0 fully saturated rings. The molecule has 5 heteroatoms. The molecule has 1 aromatic carbocycles. The van der Waals surface area contributed by atoms with Gasteiger partial charge in [-0.05, 0) is 42.9 Å². The first kappa shape index (κ1) is 19.0. The summed E-state index contributed by atoms with van der Waals surface area (Å²) < 4.78 is 5.51. The SMILES string of the molecule is CCCOc1ccc(CCC(=O)N[C@H](CC(C)C)C(=O)O)cc1. The summed E-state index contributed by atoms with van der Waals surface area (Å²) in [5, 5.41) is 11.7. The van der Waals surface area contributed by atoms with Crippen molar-refractivity contribution in [1.29, 1.82) is 0 Å². The second-order valence-electron chi connectivity index (χ2n) is 6.08. The van der Waals surface area contributed by atoms with Crippen LogP contribution in [0.25, 0.3) is 0 Å². The molecule has 0 unspecified atom stereocenters. The van der Waals surface area contributed by atoms with Crippen LogP contribution < -0.4 is 10.1 Å². The number of hydrogen-bond donors (Lipinski definition) is 2. The minimum absolute atomic E-state index is 0.215. The number of hydrogen-bond acceptors (Lipinski definition) is 3. The van der Waals surface area contributed by atoms with Gasteiger partial charge in [-0.3, -0.25) is 4.79 Å². The fourth-order valence-electron chi connectivity index (χ4n) is 2.19. The first-order chi connectivity index (χ1) is 10.9. The molecule has 0 aliphatic carbocycles. The van der Waals surface area contributed by atoms with Gasteiger partial charge in [0.25, 0.3) is 0 Å². The zero-order valence-electron chi connectivity index (χ0n) is 14.2. The first-order valence-electron chi connectivity index (χ1n) is 8.16. The molecule has 5 nitrogen and oxygen atoms in total. The van der Waals surface area contributed by atoms with Crippen LogP contribution in [0.4, 0.5) is 0 Å². The van der Waals surface area contributed by atoms with Crippen LogP contribution in [0.5, 0.6) is 5.75 Å². The monoisotopic (exact) mass is 321 g/mol. The summed E-state index contributed by atoms with van der Waals surface area (Å²) in [6.45, 7) is 6.61. The normalized spacial score (nSPS) is 12.0. The van der Waals surface area contributed by atoms with E-state index in [2.05, 4.69) is 12.2 Å². The van der Waals surface area contributed by atoms with Crippen molar-refractivity contribution in [1.82, 2.24) is 5.32 Å². The van der Waals surface area contributed by atoms with Crippen LogP contribution in [-0.4, -0.2) is 29.6 Å².